The van der Waals surface area contributed by atoms with Crippen molar-refractivity contribution in [1.29, 1.82) is 5.26 Å². The number of benzene rings is 1. The van der Waals surface area contributed by atoms with Gasteiger partial charge in [-0.3, -0.25) is 4.79 Å². The molecular formula is C19H24N2O. The van der Waals surface area contributed by atoms with E-state index in [0.29, 0.717) is 23.4 Å². The van der Waals surface area contributed by atoms with Crippen LogP contribution in [0.15, 0.2) is 24.3 Å². The summed E-state index contributed by atoms with van der Waals surface area (Å²) in [6, 6.07) is 10.1. The van der Waals surface area contributed by atoms with Gasteiger partial charge in [0.05, 0.1) is 12.5 Å². The standard InChI is InChI=1S/C19H24N2O/c1-18(2)10-15-11-19(3,12-18)13-21(15)17(22)16-7-5-4-6-14(16)8-9-20/h4-7,15H,8,10-13H2,1-3H3. The zero-order valence-electron chi connectivity index (χ0n) is 13.7. The quantitative estimate of drug-likeness (QED) is 0.833. The lowest BCUT2D eigenvalue weighted by Gasteiger charge is -2.39. The van der Waals surface area contributed by atoms with E-state index in [1.54, 1.807) is 0 Å². The van der Waals surface area contributed by atoms with Crippen LogP contribution in [0.3, 0.4) is 0 Å². The highest BCUT2D eigenvalue weighted by Crippen LogP contribution is 2.52. The van der Waals surface area contributed by atoms with Crippen molar-refractivity contribution in [3.63, 3.8) is 0 Å². The first kappa shape index (κ1) is 15.1. The molecular weight excluding hydrogens is 272 g/mol. The molecule has 1 heterocycles. The summed E-state index contributed by atoms with van der Waals surface area (Å²) < 4.78 is 0. The number of hydrogen-bond donors (Lipinski definition) is 0. The predicted molar refractivity (Wildman–Crippen MR) is 86.3 cm³/mol. The molecule has 0 radical (unpaired) electrons. The van der Waals surface area contributed by atoms with E-state index < -0.39 is 0 Å². The van der Waals surface area contributed by atoms with Crippen molar-refractivity contribution in [2.75, 3.05) is 6.54 Å². The Morgan fingerprint density at radius 1 is 1.32 bits per heavy atom. The van der Waals surface area contributed by atoms with Crippen LogP contribution in [-0.4, -0.2) is 23.4 Å². The topological polar surface area (TPSA) is 44.1 Å². The molecule has 22 heavy (non-hydrogen) atoms. The number of nitriles is 1. The van der Waals surface area contributed by atoms with Gasteiger partial charge in [0.2, 0.25) is 0 Å². The van der Waals surface area contributed by atoms with Crippen molar-refractivity contribution in [1.82, 2.24) is 4.90 Å². The first-order valence-electron chi connectivity index (χ1n) is 8.09. The Bertz CT molecular complexity index is 643. The number of nitrogens with zero attached hydrogens (tertiary/aromatic N) is 2. The summed E-state index contributed by atoms with van der Waals surface area (Å²) in [7, 11) is 0. The minimum atomic E-state index is 0.109. The Kier molecular flexibility index (Phi) is 3.51. The molecule has 1 aliphatic heterocycles. The maximum atomic E-state index is 13.1. The van der Waals surface area contributed by atoms with Gasteiger partial charge >= 0.3 is 0 Å². The maximum absolute atomic E-state index is 13.1. The number of carbonyl (C=O) groups excluding carboxylic acids is 1. The van der Waals surface area contributed by atoms with Crippen LogP contribution in [0.2, 0.25) is 0 Å². The second kappa shape index (κ2) is 5.12. The molecule has 116 valence electrons. The molecule has 3 rings (SSSR count). The maximum Gasteiger partial charge on any atom is 0.254 e. The number of hydrogen-bond acceptors (Lipinski definition) is 2. The van der Waals surface area contributed by atoms with Crippen LogP contribution in [0.5, 0.6) is 0 Å². The highest BCUT2D eigenvalue weighted by atomic mass is 16.2. The Morgan fingerprint density at radius 3 is 2.77 bits per heavy atom. The largest absolute Gasteiger partial charge is 0.335 e. The van der Waals surface area contributed by atoms with Gasteiger partial charge in [-0.2, -0.15) is 5.26 Å². The lowest BCUT2D eigenvalue weighted by Crippen LogP contribution is -2.38. The number of carbonyl (C=O) groups is 1. The monoisotopic (exact) mass is 296 g/mol. The SMILES string of the molecule is CC1(C)CC2CC(C)(CN2C(=O)c2ccccc2CC#N)C1. The molecule has 0 N–H and O–H groups in total. The van der Waals surface area contributed by atoms with Crippen molar-refractivity contribution in [3.05, 3.63) is 35.4 Å². The molecule has 2 aliphatic rings. The molecule has 1 amide bonds. The number of amides is 1. The lowest BCUT2D eigenvalue weighted by molar-refractivity contribution is 0.0707. The van der Waals surface area contributed by atoms with Gasteiger partial charge in [-0.1, -0.05) is 39.0 Å². The summed E-state index contributed by atoms with van der Waals surface area (Å²) in [5.74, 6) is 0.109. The van der Waals surface area contributed by atoms with Crippen LogP contribution in [0.4, 0.5) is 0 Å². The summed E-state index contributed by atoms with van der Waals surface area (Å²) in [6.07, 6.45) is 3.67. The second-order valence-corrected chi connectivity index (χ2v) is 8.14. The summed E-state index contributed by atoms with van der Waals surface area (Å²) in [5.41, 5.74) is 2.10. The van der Waals surface area contributed by atoms with Crippen molar-refractivity contribution >= 4 is 5.91 Å². The molecule has 3 nitrogen and oxygen atoms in total. The van der Waals surface area contributed by atoms with Gasteiger partial charge < -0.3 is 4.90 Å². The molecule has 1 saturated carbocycles. The molecule has 3 heteroatoms. The lowest BCUT2D eigenvalue weighted by atomic mass is 9.65. The molecule has 0 aromatic heterocycles. The smallest absolute Gasteiger partial charge is 0.254 e. The Hall–Kier alpha value is -1.82. The van der Waals surface area contributed by atoms with Crippen LogP contribution < -0.4 is 0 Å². The zero-order valence-corrected chi connectivity index (χ0v) is 13.7. The average Bonchev–Trinajstić information content (AvgIpc) is 2.68. The van der Waals surface area contributed by atoms with Crippen LogP contribution in [0.25, 0.3) is 0 Å². The number of likely N-dealkylation sites (tertiary alicyclic amines) is 1. The molecule has 1 aromatic rings. The van der Waals surface area contributed by atoms with E-state index in [4.69, 9.17) is 5.26 Å². The third-order valence-corrected chi connectivity index (χ3v) is 5.19. The molecule has 2 bridgehead atoms. The van der Waals surface area contributed by atoms with Crippen molar-refractivity contribution in [2.24, 2.45) is 10.8 Å². The zero-order chi connectivity index (χ0) is 16.0. The van der Waals surface area contributed by atoms with Crippen LogP contribution in [0, 0.1) is 22.2 Å². The normalized spacial score (nSPS) is 29.2. The van der Waals surface area contributed by atoms with Gasteiger partial charge in [0.25, 0.3) is 5.91 Å². The predicted octanol–water partition coefficient (Wildman–Crippen LogP) is 3.79. The van der Waals surface area contributed by atoms with E-state index in [-0.39, 0.29) is 11.3 Å². The molecule has 2 fully saturated rings. The molecule has 2 atom stereocenters. The third kappa shape index (κ3) is 2.63. The summed E-state index contributed by atoms with van der Waals surface area (Å²) in [6.45, 7) is 7.79. The van der Waals surface area contributed by atoms with Gasteiger partial charge in [-0.25, -0.2) is 0 Å². The van der Waals surface area contributed by atoms with Crippen molar-refractivity contribution in [3.8, 4) is 6.07 Å². The Morgan fingerprint density at radius 2 is 2.05 bits per heavy atom. The van der Waals surface area contributed by atoms with E-state index in [0.717, 1.165) is 24.9 Å². The van der Waals surface area contributed by atoms with Gasteiger partial charge in [0.1, 0.15) is 0 Å². The molecule has 1 aliphatic carbocycles. The second-order valence-electron chi connectivity index (χ2n) is 8.14. The van der Waals surface area contributed by atoms with Crippen LogP contribution in [0.1, 0.15) is 56.0 Å². The van der Waals surface area contributed by atoms with E-state index in [1.807, 2.05) is 24.3 Å². The fourth-order valence-electron chi connectivity index (χ4n) is 4.82. The van der Waals surface area contributed by atoms with Gasteiger partial charge in [-0.15, -0.1) is 0 Å². The van der Waals surface area contributed by atoms with Gasteiger partial charge in [-0.05, 0) is 41.7 Å². The van der Waals surface area contributed by atoms with Crippen LogP contribution in [-0.2, 0) is 6.42 Å². The fraction of sp³-hybridized carbons (Fsp3) is 0.579. The summed E-state index contributed by atoms with van der Waals surface area (Å²) in [4.78, 5) is 15.1. The number of fused-ring (bicyclic) bond motifs is 2. The summed E-state index contributed by atoms with van der Waals surface area (Å²) in [5, 5.41) is 8.98. The third-order valence-electron chi connectivity index (χ3n) is 5.19. The molecule has 1 aromatic carbocycles. The minimum absolute atomic E-state index is 0.109. The highest BCUT2D eigenvalue weighted by Gasteiger charge is 2.51. The average molecular weight is 296 g/mol. The van der Waals surface area contributed by atoms with Gasteiger partial charge in [0, 0.05) is 18.2 Å². The first-order chi connectivity index (χ1) is 10.3. The van der Waals surface area contributed by atoms with E-state index in [2.05, 4.69) is 31.7 Å². The molecule has 0 spiro atoms. The first-order valence-corrected chi connectivity index (χ1v) is 8.09. The van der Waals surface area contributed by atoms with E-state index >= 15 is 0 Å². The Labute approximate surface area is 132 Å². The minimum Gasteiger partial charge on any atom is -0.335 e. The summed E-state index contributed by atoms with van der Waals surface area (Å²) >= 11 is 0. The van der Waals surface area contributed by atoms with Crippen molar-refractivity contribution in [2.45, 2.75) is 52.5 Å². The molecule has 1 saturated heterocycles. The van der Waals surface area contributed by atoms with Crippen molar-refractivity contribution < 1.29 is 4.79 Å². The number of rotatable bonds is 2. The highest BCUT2D eigenvalue weighted by molar-refractivity contribution is 5.96. The Balaban J connectivity index is 1.90. The van der Waals surface area contributed by atoms with E-state index in [1.165, 1.54) is 6.42 Å². The fourth-order valence-corrected chi connectivity index (χ4v) is 4.82. The molecule has 2 unspecified atom stereocenters. The van der Waals surface area contributed by atoms with Crippen LogP contribution >= 0.6 is 0 Å². The van der Waals surface area contributed by atoms with Gasteiger partial charge in [0.15, 0.2) is 0 Å². The van der Waals surface area contributed by atoms with E-state index in [9.17, 15) is 4.79 Å².